The van der Waals surface area contributed by atoms with Crippen molar-refractivity contribution in [3.05, 3.63) is 35.9 Å². The molecule has 2 rings (SSSR count). The van der Waals surface area contributed by atoms with Gasteiger partial charge in [-0.2, -0.15) is 0 Å². The topological polar surface area (TPSA) is 34.1 Å². The molecule has 0 amide bonds. The third-order valence-corrected chi connectivity index (χ3v) is 6.99. The van der Waals surface area contributed by atoms with Crippen LogP contribution in [-0.4, -0.2) is 18.4 Å². The molecular weight excluding hydrogens is 244 g/mol. The number of hydrogen-bond donors (Lipinski definition) is 0. The molecule has 0 bridgehead atoms. The third-order valence-electron chi connectivity index (χ3n) is 4.04. The minimum atomic E-state index is -2.88. The van der Waals surface area contributed by atoms with E-state index in [1.807, 2.05) is 30.3 Å². The van der Waals surface area contributed by atoms with Crippen LogP contribution in [0, 0.1) is 0 Å². The van der Waals surface area contributed by atoms with Gasteiger partial charge < -0.3 is 0 Å². The van der Waals surface area contributed by atoms with Crippen molar-refractivity contribution in [1.29, 1.82) is 0 Å². The number of sulfone groups is 1. The maximum Gasteiger partial charge on any atom is 0.162 e. The SMILES string of the molecule is CCCC1C(CCC)(Cc2ccccc2)S1(=O)=O. The molecule has 0 aliphatic carbocycles. The molecule has 1 aliphatic rings. The van der Waals surface area contributed by atoms with Crippen LogP contribution in [0.3, 0.4) is 0 Å². The van der Waals surface area contributed by atoms with Crippen molar-refractivity contribution in [3.8, 4) is 0 Å². The van der Waals surface area contributed by atoms with E-state index in [4.69, 9.17) is 0 Å². The second-order valence-corrected chi connectivity index (χ2v) is 7.77. The maximum absolute atomic E-state index is 12.3. The second kappa shape index (κ2) is 5.04. The van der Waals surface area contributed by atoms with Crippen molar-refractivity contribution in [3.63, 3.8) is 0 Å². The van der Waals surface area contributed by atoms with Crippen molar-refractivity contribution in [2.45, 2.75) is 55.9 Å². The highest BCUT2D eigenvalue weighted by Gasteiger charge is 2.69. The number of benzene rings is 1. The van der Waals surface area contributed by atoms with E-state index in [-0.39, 0.29) is 5.25 Å². The lowest BCUT2D eigenvalue weighted by molar-refractivity contribution is 0.541. The van der Waals surface area contributed by atoms with Gasteiger partial charge in [0.15, 0.2) is 9.84 Å². The maximum atomic E-state index is 12.3. The lowest BCUT2D eigenvalue weighted by Gasteiger charge is -2.12. The molecule has 0 radical (unpaired) electrons. The lowest BCUT2D eigenvalue weighted by Crippen LogP contribution is -2.19. The second-order valence-electron chi connectivity index (χ2n) is 5.30. The monoisotopic (exact) mass is 266 g/mol. The molecule has 2 unspecified atom stereocenters. The van der Waals surface area contributed by atoms with E-state index in [2.05, 4.69) is 13.8 Å². The Morgan fingerprint density at radius 3 is 2.33 bits per heavy atom. The third kappa shape index (κ3) is 2.09. The Morgan fingerprint density at radius 1 is 1.11 bits per heavy atom. The molecule has 2 nitrogen and oxygen atoms in total. The van der Waals surface area contributed by atoms with Crippen molar-refractivity contribution in [2.24, 2.45) is 0 Å². The molecule has 100 valence electrons. The zero-order valence-corrected chi connectivity index (χ0v) is 12.0. The van der Waals surface area contributed by atoms with E-state index in [1.165, 1.54) is 0 Å². The molecule has 1 saturated heterocycles. The number of hydrogen-bond acceptors (Lipinski definition) is 2. The van der Waals surface area contributed by atoms with Crippen molar-refractivity contribution in [2.75, 3.05) is 0 Å². The average molecular weight is 266 g/mol. The minimum Gasteiger partial charge on any atom is -0.228 e. The van der Waals surface area contributed by atoms with E-state index < -0.39 is 14.6 Å². The van der Waals surface area contributed by atoms with Gasteiger partial charge in [0.05, 0.1) is 10.00 Å². The molecule has 3 heteroatoms. The molecular formula is C15H22O2S. The summed E-state index contributed by atoms with van der Waals surface area (Å²) in [6.07, 6.45) is 4.19. The summed E-state index contributed by atoms with van der Waals surface area (Å²) in [5.74, 6) is 0. The summed E-state index contributed by atoms with van der Waals surface area (Å²) in [7, 11) is -2.88. The van der Waals surface area contributed by atoms with Crippen LogP contribution in [0.1, 0.15) is 45.1 Å². The van der Waals surface area contributed by atoms with Gasteiger partial charge in [0.1, 0.15) is 0 Å². The Labute approximate surface area is 110 Å². The first-order valence-electron chi connectivity index (χ1n) is 6.86. The summed E-state index contributed by atoms with van der Waals surface area (Å²) < 4.78 is 24.2. The van der Waals surface area contributed by atoms with Gasteiger partial charge in [-0.3, -0.25) is 0 Å². The van der Waals surface area contributed by atoms with Gasteiger partial charge in [0, 0.05) is 0 Å². The fourth-order valence-corrected chi connectivity index (χ4v) is 6.09. The van der Waals surface area contributed by atoms with Gasteiger partial charge in [0.2, 0.25) is 0 Å². The van der Waals surface area contributed by atoms with Crippen LogP contribution < -0.4 is 0 Å². The van der Waals surface area contributed by atoms with Crippen LogP contribution in [-0.2, 0) is 16.3 Å². The van der Waals surface area contributed by atoms with Crippen molar-refractivity contribution >= 4 is 9.84 Å². The lowest BCUT2D eigenvalue weighted by atomic mass is 9.90. The van der Waals surface area contributed by atoms with E-state index in [9.17, 15) is 8.42 Å². The highest BCUT2D eigenvalue weighted by Crippen LogP contribution is 2.53. The Balaban J connectivity index is 2.25. The van der Waals surface area contributed by atoms with Crippen molar-refractivity contribution < 1.29 is 8.42 Å². The highest BCUT2D eigenvalue weighted by atomic mass is 32.2. The summed E-state index contributed by atoms with van der Waals surface area (Å²) in [6, 6.07) is 10.0. The molecule has 18 heavy (non-hydrogen) atoms. The zero-order chi connectivity index (χ0) is 13.2. The fraction of sp³-hybridized carbons (Fsp3) is 0.600. The van der Waals surface area contributed by atoms with Gasteiger partial charge in [-0.1, -0.05) is 57.0 Å². The van der Waals surface area contributed by atoms with Crippen LogP contribution >= 0.6 is 0 Å². The van der Waals surface area contributed by atoms with Gasteiger partial charge in [-0.25, -0.2) is 8.42 Å². The molecule has 1 fully saturated rings. The molecule has 1 aliphatic heterocycles. The standard InChI is InChI=1S/C15H22O2S/c1-3-8-14-15(11-4-2,18(14,16)17)12-13-9-6-5-7-10-13/h5-7,9-10,14H,3-4,8,11-12H2,1-2H3. The van der Waals surface area contributed by atoms with E-state index in [0.717, 1.165) is 31.2 Å². The minimum absolute atomic E-state index is 0.102. The van der Waals surface area contributed by atoms with Crippen LogP contribution in [0.4, 0.5) is 0 Å². The quantitative estimate of drug-likeness (QED) is 0.740. The first-order valence-corrected chi connectivity index (χ1v) is 8.40. The molecule has 1 aromatic carbocycles. The fourth-order valence-electron chi connectivity index (χ4n) is 3.14. The molecule has 0 N–H and O–H groups in total. The Bertz CT molecular complexity index is 492. The Hall–Kier alpha value is -0.830. The summed E-state index contributed by atoms with van der Waals surface area (Å²) in [6.45, 7) is 4.14. The predicted octanol–water partition coefficient (Wildman–Crippen LogP) is 3.37. The van der Waals surface area contributed by atoms with E-state index in [1.54, 1.807) is 0 Å². The normalized spacial score (nSPS) is 29.1. The van der Waals surface area contributed by atoms with Gasteiger partial charge in [0.25, 0.3) is 0 Å². The van der Waals surface area contributed by atoms with Crippen LogP contribution in [0.25, 0.3) is 0 Å². The summed E-state index contributed by atoms with van der Waals surface area (Å²) in [4.78, 5) is 0. The molecule has 0 saturated carbocycles. The molecule has 0 aromatic heterocycles. The highest BCUT2D eigenvalue weighted by molar-refractivity contribution is 8.01. The Kier molecular flexibility index (Phi) is 3.81. The molecule has 1 heterocycles. The molecule has 2 atom stereocenters. The van der Waals surface area contributed by atoms with Crippen molar-refractivity contribution in [1.82, 2.24) is 0 Å². The number of rotatable bonds is 6. The first kappa shape index (κ1) is 13.6. The predicted molar refractivity (Wildman–Crippen MR) is 75.4 cm³/mol. The van der Waals surface area contributed by atoms with Crippen LogP contribution in [0.5, 0.6) is 0 Å². The van der Waals surface area contributed by atoms with Gasteiger partial charge >= 0.3 is 0 Å². The summed E-state index contributed by atoms with van der Waals surface area (Å²) in [5.41, 5.74) is 1.15. The Morgan fingerprint density at radius 2 is 1.78 bits per heavy atom. The molecule has 0 spiro atoms. The average Bonchev–Trinajstić information content (AvgIpc) is 2.78. The van der Waals surface area contributed by atoms with Crippen LogP contribution in [0.15, 0.2) is 30.3 Å². The summed E-state index contributed by atoms with van der Waals surface area (Å²) in [5, 5.41) is -0.102. The van der Waals surface area contributed by atoms with E-state index >= 15 is 0 Å². The van der Waals surface area contributed by atoms with Crippen LogP contribution in [0.2, 0.25) is 0 Å². The smallest absolute Gasteiger partial charge is 0.162 e. The zero-order valence-electron chi connectivity index (χ0n) is 11.2. The van der Waals surface area contributed by atoms with E-state index in [0.29, 0.717) is 6.42 Å². The first-order chi connectivity index (χ1) is 8.58. The molecule has 1 aromatic rings. The van der Waals surface area contributed by atoms with Gasteiger partial charge in [-0.05, 0) is 24.8 Å². The van der Waals surface area contributed by atoms with Gasteiger partial charge in [-0.15, -0.1) is 0 Å². The summed E-state index contributed by atoms with van der Waals surface area (Å²) >= 11 is 0. The largest absolute Gasteiger partial charge is 0.228 e.